The maximum Gasteiger partial charge on any atom is 0.145 e. The normalized spacial score (nSPS) is 11.6. The van der Waals surface area contributed by atoms with E-state index in [1.165, 1.54) is 81.7 Å². The zero-order valence-electron chi connectivity index (χ0n) is 59.8. The molecule has 4 aromatic heterocycles. The first-order chi connectivity index (χ1) is 54.5. The van der Waals surface area contributed by atoms with Gasteiger partial charge >= 0.3 is 0 Å². The molecule has 0 aliphatic carbocycles. The summed E-state index contributed by atoms with van der Waals surface area (Å²) in [5.41, 5.74) is 23.6. The van der Waals surface area contributed by atoms with Crippen LogP contribution >= 0.6 is 0 Å². The number of para-hydroxylation sites is 3. The molecule has 22 aromatic rings. The highest BCUT2D eigenvalue weighted by Crippen LogP contribution is 2.45. The Hall–Kier alpha value is -14.7. The number of pyridine rings is 2. The average Bonchev–Trinajstić information content (AvgIpc) is 0.875. The third kappa shape index (κ3) is 11.3. The Morgan fingerprint density at radius 3 is 0.955 bits per heavy atom. The highest BCUT2D eigenvalue weighted by atomic mass is 15.1. The highest BCUT2D eigenvalue weighted by Gasteiger charge is 2.23. The van der Waals surface area contributed by atoms with Crippen molar-refractivity contribution in [1.82, 2.24) is 29.1 Å². The second-order valence-corrected chi connectivity index (χ2v) is 28.4. The summed E-state index contributed by atoms with van der Waals surface area (Å²) in [7, 11) is 0. The minimum atomic E-state index is 0.912. The van der Waals surface area contributed by atoms with Gasteiger partial charge in [-0.3, -0.25) is 9.13 Å². The second-order valence-electron chi connectivity index (χ2n) is 28.4. The van der Waals surface area contributed by atoms with Crippen molar-refractivity contribution in [3.05, 3.63) is 400 Å². The summed E-state index contributed by atoms with van der Waals surface area (Å²) in [5.74, 6) is 1.83. The summed E-state index contributed by atoms with van der Waals surface area (Å²) in [6, 6.07) is 143. The number of aromatic nitrogens is 6. The predicted molar refractivity (Wildman–Crippen MR) is 461 cm³/mol. The number of nitrogens with zero attached hydrogens (tertiary/aromatic N) is 6. The summed E-state index contributed by atoms with van der Waals surface area (Å²) in [6.45, 7) is 0. The van der Waals surface area contributed by atoms with Crippen LogP contribution in [0.5, 0.6) is 0 Å². The van der Waals surface area contributed by atoms with Crippen LogP contribution in [-0.4, -0.2) is 29.1 Å². The molecule has 0 spiro atoms. The van der Waals surface area contributed by atoms with Crippen LogP contribution in [-0.2, 0) is 0 Å². The monoisotopic (exact) mass is 1400 g/mol. The first-order valence-electron chi connectivity index (χ1n) is 37.5. The topological polar surface area (TPSA) is 61.4 Å². The van der Waals surface area contributed by atoms with Gasteiger partial charge in [-0.1, -0.05) is 303 Å². The lowest BCUT2D eigenvalue weighted by atomic mass is 9.90. The van der Waals surface area contributed by atoms with Gasteiger partial charge in [0, 0.05) is 55.2 Å². The van der Waals surface area contributed by atoms with Gasteiger partial charge in [0.1, 0.15) is 11.6 Å². The third-order valence-electron chi connectivity index (χ3n) is 21.9. The number of hydrogen-bond donors (Lipinski definition) is 0. The number of fused-ring (bicyclic) bond motifs is 12. The molecule has 18 aromatic carbocycles. The molecule has 0 saturated carbocycles. The molecule has 6 nitrogen and oxygen atoms in total. The van der Waals surface area contributed by atoms with E-state index in [-0.39, 0.29) is 0 Å². The van der Waals surface area contributed by atoms with Gasteiger partial charge in [-0.15, -0.1) is 0 Å². The largest absolute Gasteiger partial charge is 0.292 e. The van der Waals surface area contributed by atoms with E-state index in [9.17, 15) is 0 Å². The van der Waals surface area contributed by atoms with Crippen LogP contribution in [0.3, 0.4) is 0 Å². The van der Waals surface area contributed by atoms with Crippen molar-refractivity contribution in [1.29, 1.82) is 0 Å². The smallest absolute Gasteiger partial charge is 0.145 e. The number of hydrogen-bond acceptors (Lipinski definition) is 4. The van der Waals surface area contributed by atoms with Crippen LogP contribution in [0.25, 0.3) is 210 Å². The molecule has 0 aliphatic rings. The molecule has 0 fully saturated rings. The summed E-state index contributed by atoms with van der Waals surface area (Å²) in [6.07, 6.45) is 0. The molecule has 22 rings (SSSR count). The van der Waals surface area contributed by atoms with E-state index in [4.69, 9.17) is 19.9 Å². The van der Waals surface area contributed by atoms with E-state index in [0.717, 1.165) is 128 Å². The van der Waals surface area contributed by atoms with Gasteiger partial charge < -0.3 is 0 Å². The molecular weight excluding hydrogens is 1330 g/mol. The molecule has 0 unspecified atom stereocenters. The van der Waals surface area contributed by atoms with Crippen molar-refractivity contribution in [2.75, 3.05) is 0 Å². The minimum Gasteiger partial charge on any atom is -0.292 e. The van der Waals surface area contributed by atoms with Crippen LogP contribution in [0.15, 0.2) is 400 Å². The van der Waals surface area contributed by atoms with Crippen molar-refractivity contribution in [3.8, 4) is 101 Å². The van der Waals surface area contributed by atoms with Crippen molar-refractivity contribution in [2.45, 2.75) is 0 Å². The average molecular weight is 1400 g/mol. The molecule has 0 N–H and O–H groups in total. The van der Waals surface area contributed by atoms with Gasteiger partial charge in [0.25, 0.3) is 0 Å². The Morgan fingerprint density at radius 1 is 0.173 bits per heavy atom. The summed E-state index contributed by atoms with van der Waals surface area (Å²) >= 11 is 0. The summed E-state index contributed by atoms with van der Waals surface area (Å²) in [5, 5.41) is 16.7. The highest BCUT2D eigenvalue weighted by molar-refractivity contribution is 6.19. The van der Waals surface area contributed by atoms with E-state index in [1.807, 2.05) is 18.2 Å². The Balaban J connectivity index is 0.000000140. The van der Waals surface area contributed by atoms with E-state index in [0.29, 0.717) is 0 Å². The van der Waals surface area contributed by atoms with Crippen molar-refractivity contribution >= 4 is 109 Å². The number of benzene rings is 18. The molecule has 4 heterocycles. The fourth-order valence-corrected chi connectivity index (χ4v) is 16.5. The lowest BCUT2D eigenvalue weighted by Gasteiger charge is -2.17. The van der Waals surface area contributed by atoms with Gasteiger partial charge in [-0.2, -0.15) is 0 Å². The molecule has 0 saturated heterocycles. The zero-order chi connectivity index (χ0) is 72.6. The van der Waals surface area contributed by atoms with Gasteiger partial charge in [0.05, 0.1) is 44.5 Å². The second kappa shape index (κ2) is 26.7. The van der Waals surface area contributed by atoms with Gasteiger partial charge in [0.2, 0.25) is 0 Å². The molecule has 0 amide bonds. The van der Waals surface area contributed by atoms with Gasteiger partial charge in [-0.05, 0) is 195 Å². The quantitative estimate of drug-likeness (QED) is 0.128. The van der Waals surface area contributed by atoms with Crippen molar-refractivity contribution in [3.63, 3.8) is 0 Å². The van der Waals surface area contributed by atoms with Crippen LogP contribution in [0.1, 0.15) is 0 Å². The minimum absolute atomic E-state index is 0.912. The molecule has 110 heavy (non-hydrogen) atoms. The van der Waals surface area contributed by atoms with E-state index >= 15 is 0 Å². The number of rotatable bonds is 10. The van der Waals surface area contributed by atoms with Gasteiger partial charge in [-0.25, -0.2) is 19.9 Å². The third-order valence-corrected chi connectivity index (χ3v) is 21.9. The molecule has 0 radical (unpaired) electrons. The van der Waals surface area contributed by atoms with Gasteiger partial charge in [0.15, 0.2) is 0 Å². The maximum absolute atomic E-state index is 5.52. The number of imidazole rings is 2. The van der Waals surface area contributed by atoms with Crippen LogP contribution in [0.4, 0.5) is 0 Å². The predicted octanol–water partition coefficient (Wildman–Crippen LogP) is 27.4. The Morgan fingerprint density at radius 2 is 0.500 bits per heavy atom. The Labute approximate surface area is 635 Å². The standard InChI is InChI=1S/2C52H33N3/c1-3-15-36(16-4-1)52-54-49-31-41(27-28-50(49)55(52)42-19-5-2-6-20-42)48-33-46(40-26-24-35-14-8-10-18-38(35)30-40)47-32-45(43-21-11-12-22-44(43)51(47)53-48)39-25-23-34-13-7-9-17-37(34)29-39;1-2-14-37(15-3-1)52-54-48-20-10-11-21-50(48)55(52)42-28-26-36(27-29-42)49-33-46(41-25-23-35-13-5-7-17-39(35)31-41)47-32-45(43-18-8-9-19-44(43)51(47)53-49)40-24-22-34-12-4-6-16-38(34)30-40/h2*1-33H. The fraction of sp³-hybridized carbons (Fsp3) is 0. The van der Waals surface area contributed by atoms with Crippen LogP contribution in [0, 0.1) is 0 Å². The fourth-order valence-electron chi connectivity index (χ4n) is 16.5. The summed E-state index contributed by atoms with van der Waals surface area (Å²) < 4.78 is 4.51. The Bertz CT molecular complexity index is 7390. The zero-order valence-corrected chi connectivity index (χ0v) is 59.8. The van der Waals surface area contributed by atoms with Crippen LogP contribution < -0.4 is 0 Å². The van der Waals surface area contributed by atoms with E-state index < -0.39 is 0 Å². The van der Waals surface area contributed by atoms with Crippen LogP contribution in [0.2, 0.25) is 0 Å². The summed E-state index contributed by atoms with van der Waals surface area (Å²) in [4.78, 5) is 21.4. The molecule has 6 heteroatoms. The van der Waals surface area contributed by atoms with Crippen molar-refractivity contribution < 1.29 is 0 Å². The van der Waals surface area contributed by atoms with E-state index in [2.05, 4.69) is 391 Å². The molecule has 512 valence electrons. The molecule has 0 aliphatic heterocycles. The van der Waals surface area contributed by atoms with Crippen molar-refractivity contribution in [2.24, 2.45) is 0 Å². The molecule has 0 bridgehead atoms. The lowest BCUT2D eigenvalue weighted by molar-refractivity contribution is 1.10. The molecule has 0 atom stereocenters. The SMILES string of the molecule is c1ccc(-c2nc3cc(-c4cc(-c5ccc6ccccc6c5)c5cc(-c6ccc7ccccc7c6)c6ccccc6c5n4)ccc3n2-c2ccccc2)cc1.c1ccc(-c2nc3ccccc3n2-c2ccc(-c3cc(-c4ccc5ccccc5c4)c4cc(-c5ccc6ccccc6c5)c5ccccc5c4n3)cc2)cc1. The Kier molecular flexibility index (Phi) is 15.5. The first-order valence-corrected chi connectivity index (χ1v) is 37.5. The maximum atomic E-state index is 5.52. The molecular formula is C104H66N6. The van der Waals surface area contributed by atoms with E-state index in [1.54, 1.807) is 0 Å². The first kappa shape index (κ1) is 63.7. The lowest BCUT2D eigenvalue weighted by Crippen LogP contribution is -1.98.